The third-order valence-electron chi connectivity index (χ3n) is 4.38. The van der Waals surface area contributed by atoms with Gasteiger partial charge in [0.15, 0.2) is 0 Å². The molecule has 1 aromatic heterocycles. The molecule has 2 N–H and O–H groups in total. The molecule has 2 aromatic rings. The number of nitrogens with zero attached hydrogens (tertiary/aromatic N) is 1. The molecule has 0 aliphatic carbocycles. The monoisotopic (exact) mass is 354 g/mol. The molecule has 26 heavy (non-hydrogen) atoms. The molecule has 1 heterocycles. The Bertz CT molecular complexity index is 734. The molecule has 1 aromatic carbocycles. The largest absolute Gasteiger partial charge is 0.507 e. The fourth-order valence-corrected chi connectivity index (χ4v) is 2.86. The molecule has 0 atom stereocenters. The molecular weight excluding hydrogens is 324 g/mol. The maximum Gasteiger partial charge on any atom is 0.251 e. The maximum atomic E-state index is 12.7. The van der Waals surface area contributed by atoms with Gasteiger partial charge in [-0.2, -0.15) is 0 Å². The van der Waals surface area contributed by atoms with Gasteiger partial charge in [-0.05, 0) is 35.1 Å². The highest BCUT2D eigenvalue weighted by Crippen LogP contribution is 2.39. The van der Waals surface area contributed by atoms with Crippen LogP contribution in [0.1, 0.15) is 68.7 Å². The molecular formula is C22H30N2O2. The Kier molecular flexibility index (Phi) is 5.74. The molecule has 0 saturated heterocycles. The van der Waals surface area contributed by atoms with Gasteiger partial charge in [0.1, 0.15) is 5.75 Å². The van der Waals surface area contributed by atoms with Crippen molar-refractivity contribution in [1.82, 2.24) is 10.3 Å². The van der Waals surface area contributed by atoms with E-state index < -0.39 is 0 Å². The van der Waals surface area contributed by atoms with Gasteiger partial charge in [0.25, 0.3) is 5.91 Å². The number of phenolic OH excluding ortho intramolecular Hbond substituents is 1. The number of aromatic nitrogens is 1. The molecule has 0 fully saturated rings. The van der Waals surface area contributed by atoms with E-state index in [-0.39, 0.29) is 22.5 Å². The van der Waals surface area contributed by atoms with Gasteiger partial charge in [0.05, 0.1) is 0 Å². The maximum absolute atomic E-state index is 12.7. The van der Waals surface area contributed by atoms with Gasteiger partial charge in [-0.3, -0.25) is 9.78 Å². The zero-order valence-electron chi connectivity index (χ0n) is 16.7. The van der Waals surface area contributed by atoms with Crippen LogP contribution in [0.15, 0.2) is 36.5 Å². The lowest BCUT2D eigenvalue weighted by Crippen LogP contribution is -2.27. The molecule has 0 spiro atoms. The Morgan fingerprint density at radius 1 is 1.04 bits per heavy atom. The van der Waals surface area contributed by atoms with Crippen LogP contribution < -0.4 is 5.32 Å². The SMILES string of the molecule is CC(C)(C)c1cc(C(=O)NCCc2ccccn2)cc(C(C)(C)C)c1O. The fraction of sp³-hybridized carbons (Fsp3) is 0.455. The van der Waals surface area contributed by atoms with Gasteiger partial charge in [-0.25, -0.2) is 0 Å². The summed E-state index contributed by atoms with van der Waals surface area (Å²) in [5.41, 5.74) is 2.60. The Morgan fingerprint density at radius 2 is 1.62 bits per heavy atom. The van der Waals surface area contributed by atoms with E-state index in [0.29, 0.717) is 18.5 Å². The zero-order chi connectivity index (χ0) is 19.5. The molecule has 140 valence electrons. The van der Waals surface area contributed by atoms with E-state index >= 15 is 0 Å². The van der Waals surface area contributed by atoms with Crippen LogP contribution in [0.5, 0.6) is 5.75 Å². The number of amides is 1. The number of hydrogen-bond acceptors (Lipinski definition) is 3. The van der Waals surface area contributed by atoms with E-state index in [0.717, 1.165) is 16.8 Å². The van der Waals surface area contributed by atoms with Gasteiger partial charge < -0.3 is 10.4 Å². The van der Waals surface area contributed by atoms with Crippen molar-refractivity contribution < 1.29 is 9.90 Å². The van der Waals surface area contributed by atoms with Crippen molar-refractivity contribution in [2.45, 2.75) is 58.8 Å². The molecule has 4 heteroatoms. The first-order valence-corrected chi connectivity index (χ1v) is 9.06. The van der Waals surface area contributed by atoms with Crippen molar-refractivity contribution in [3.05, 3.63) is 58.9 Å². The van der Waals surface area contributed by atoms with Crippen molar-refractivity contribution in [3.8, 4) is 5.75 Å². The van der Waals surface area contributed by atoms with Gasteiger partial charge in [-0.1, -0.05) is 47.6 Å². The summed E-state index contributed by atoms with van der Waals surface area (Å²) in [6.45, 7) is 12.8. The first kappa shape index (κ1) is 20.0. The summed E-state index contributed by atoms with van der Waals surface area (Å²) < 4.78 is 0. The number of aromatic hydroxyl groups is 1. The number of benzene rings is 1. The summed E-state index contributed by atoms with van der Waals surface area (Å²) in [6, 6.07) is 9.37. The van der Waals surface area contributed by atoms with Crippen molar-refractivity contribution in [3.63, 3.8) is 0 Å². The van der Waals surface area contributed by atoms with E-state index in [4.69, 9.17) is 0 Å². The standard InChI is InChI=1S/C22H30N2O2/c1-21(2,3)17-13-15(14-18(19(17)25)22(4,5)6)20(26)24-12-10-16-9-7-8-11-23-16/h7-9,11,13-14,25H,10,12H2,1-6H3,(H,24,26). The van der Waals surface area contributed by atoms with Crippen LogP contribution >= 0.6 is 0 Å². The minimum Gasteiger partial charge on any atom is -0.507 e. The summed E-state index contributed by atoms with van der Waals surface area (Å²) in [5.74, 6) is 0.159. The predicted molar refractivity (Wildman–Crippen MR) is 106 cm³/mol. The molecule has 0 aliphatic heterocycles. The minimum absolute atomic E-state index is 0.128. The summed E-state index contributed by atoms with van der Waals surface area (Å²) in [6.07, 6.45) is 2.44. The van der Waals surface area contributed by atoms with Gasteiger partial charge in [0.2, 0.25) is 0 Å². The molecule has 0 saturated carbocycles. The predicted octanol–water partition coefficient (Wildman–Crippen LogP) is 4.35. The van der Waals surface area contributed by atoms with Crippen molar-refractivity contribution >= 4 is 5.91 Å². The molecule has 0 radical (unpaired) electrons. The Hall–Kier alpha value is -2.36. The zero-order valence-corrected chi connectivity index (χ0v) is 16.7. The second-order valence-corrected chi connectivity index (χ2v) is 8.75. The minimum atomic E-state index is -0.256. The van der Waals surface area contributed by atoms with E-state index in [1.165, 1.54) is 0 Å². The normalized spacial score (nSPS) is 12.1. The van der Waals surface area contributed by atoms with Gasteiger partial charge >= 0.3 is 0 Å². The molecule has 0 unspecified atom stereocenters. The summed E-state index contributed by atoms with van der Waals surface area (Å²) in [5, 5.41) is 13.7. The molecule has 2 rings (SSSR count). The van der Waals surface area contributed by atoms with Crippen molar-refractivity contribution in [2.75, 3.05) is 6.54 Å². The van der Waals surface area contributed by atoms with E-state index in [2.05, 4.69) is 10.3 Å². The first-order valence-electron chi connectivity index (χ1n) is 9.06. The fourth-order valence-electron chi connectivity index (χ4n) is 2.86. The number of carbonyl (C=O) groups is 1. The highest BCUT2D eigenvalue weighted by atomic mass is 16.3. The highest BCUT2D eigenvalue weighted by Gasteiger charge is 2.27. The second kappa shape index (κ2) is 7.48. The third-order valence-corrected chi connectivity index (χ3v) is 4.38. The van der Waals surface area contributed by atoms with Crippen LogP contribution in [0, 0.1) is 0 Å². The molecule has 1 amide bonds. The lowest BCUT2D eigenvalue weighted by Gasteiger charge is -2.28. The van der Waals surface area contributed by atoms with E-state index in [9.17, 15) is 9.90 Å². The van der Waals surface area contributed by atoms with E-state index in [1.807, 2.05) is 59.7 Å². The average Bonchev–Trinajstić information content (AvgIpc) is 2.53. The molecule has 0 aliphatic rings. The second-order valence-electron chi connectivity index (χ2n) is 8.75. The molecule has 0 bridgehead atoms. The van der Waals surface area contributed by atoms with Crippen molar-refractivity contribution in [1.29, 1.82) is 0 Å². The highest BCUT2D eigenvalue weighted by molar-refractivity contribution is 5.95. The number of nitrogens with one attached hydrogen (secondary N) is 1. The smallest absolute Gasteiger partial charge is 0.251 e. The summed E-state index contributed by atoms with van der Waals surface area (Å²) >= 11 is 0. The topological polar surface area (TPSA) is 62.2 Å². The third kappa shape index (κ3) is 4.84. The average molecular weight is 354 g/mol. The van der Waals surface area contributed by atoms with Crippen LogP contribution in [-0.2, 0) is 17.3 Å². The van der Waals surface area contributed by atoms with E-state index in [1.54, 1.807) is 18.3 Å². The molecule has 4 nitrogen and oxygen atoms in total. The van der Waals surface area contributed by atoms with Crippen LogP contribution in [0.25, 0.3) is 0 Å². The van der Waals surface area contributed by atoms with Crippen molar-refractivity contribution in [2.24, 2.45) is 0 Å². The Labute approximate surface area is 156 Å². The number of carbonyl (C=O) groups excluding carboxylic acids is 1. The van der Waals surface area contributed by atoms with Gasteiger partial charge in [-0.15, -0.1) is 0 Å². The summed E-state index contributed by atoms with van der Waals surface area (Å²) in [7, 11) is 0. The number of pyridine rings is 1. The lowest BCUT2D eigenvalue weighted by atomic mass is 9.78. The summed E-state index contributed by atoms with van der Waals surface area (Å²) in [4.78, 5) is 17.0. The van der Waals surface area contributed by atoms with Gasteiger partial charge in [0, 0.05) is 41.5 Å². The Balaban J connectivity index is 2.26. The number of phenols is 1. The van der Waals surface area contributed by atoms with Crippen LogP contribution in [0.2, 0.25) is 0 Å². The lowest BCUT2D eigenvalue weighted by molar-refractivity contribution is 0.0953. The Morgan fingerprint density at radius 3 is 2.08 bits per heavy atom. The number of rotatable bonds is 4. The number of hydrogen-bond donors (Lipinski definition) is 2. The quantitative estimate of drug-likeness (QED) is 0.858. The van der Waals surface area contributed by atoms with Crippen LogP contribution in [0.3, 0.4) is 0 Å². The van der Waals surface area contributed by atoms with Crippen LogP contribution in [0.4, 0.5) is 0 Å². The first-order chi connectivity index (χ1) is 12.0. The van der Waals surface area contributed by atoms with Crippen LogP contribution in [-0.4, -0.2) is 22.5 Å².